The third-order valence-electron chi connectivity index (χ3n) is 5.45. The summed E-state index contributed by atoms with van der Waals surface area (Å²) in [5.41, 5.74) is 9.96. The zero-order valence-electron chi connectivity index (χ0n) is 17.1. The van der Waals surface area contributed by atoms with Gasteiger partial charge in [0.15, 0.2) is 5.16 Å². The summed E-state index contributed by atoms with van der Waals surface area (Å²) in [6.45, 7) is 4.95. The topological polar surface area (TPSA) is 72.1 Å². The number of rotatable bonds is 5. The second-order valence-electron chi connectivity index (χ2n) is 7.95. The molecule has 152 valence electrons. The van der Waals surface area contributed by atoms with Gasteiger partial charge in [0.1, 0.15) is 10.6 Å². The number of nitrogen functional groups attached to an aromatic ring is 1. The first-order valence-corrected chi connectivity index (χ1v) is 11.7. The fraction of sp³-hybridized carbons (Fsp3) is 0.409. The van der Waals surface area contributed by atoms with E-state index in [0.717, 1.165) is 28.6 Å². The van der Waals surface area contributed by atoms with Crippen LogP contribution in [0.25, 0.3) is 10.2 Å². The largest absolute Gasteiger partial charge is 0.383 e. The first kappa shape index (κ1) is 20.2. The first-order valence-electron chi connectivity index (χ1n) is 9.90. The number of benzene rings is 1. The molecule has 0 aliphatic heterocycles. The molecule has 2 heterocycles. The van der Waals surface area contributed by atoms with E-state index in [2.05, 4.69) is 43.1 Å². The number of nitrogens with two attached hydrogens (primary N) is 1. The van der Waals surface area contributed by atoms with E-state index in [-0.39, 0.29) is 5.91 Å². The normalized spacial score (nSPS) is 16.0. The molecule has 0 fully saturated rings. The van der Waals surface area contributed by atoms with Crippen LogP contribution in [0.15, 0.2) is 29.4 Å². The maximum absolute atomic E-state index is 12.6. The molecule has 1 aliphatic rings. The van der Waals surface area contributed by atoms with Gasteiger partial charge >= 0.3 is 0 Å². The van der Waals surface area contributed by atoms with Gasteiger partial charge in [0.2, 0.25) is 5.91 Å². The van der Waals surface area contributed by atoms with Crippen molar-refractivity contribution in [3.8, 4) is 0 Å². The highest BCUT2D eigenvalue weighted by Crippen LogP contribution is 2.39. The van der Waals surface area contributed by atoms with E-state index < -0.39 is 0 Å². The summed E-state index contributed by atoms with van der Waals surface area (Å²) in [5.74, 6) is 1.61. The Morgan fingerprint density at radius 3 is 2.83 bits per heavy atom. The lowest BCUT2D eigenvalue weighted by Gasteiger charge is -2.18. The maximum atomic E-state index is 12.6. The van der Waals surface area contributed by atoms with Crippen molar-refractivity contribution in [2.24, 2.45) is 5.92 Å². The molecule has 0 saturated heterocycles. The average Bonchev–Trinajstić information content (AvgIpc) is 3.05. The molecule has 3 aromatic rings. The van der Waals surface area contributed by atoms with Crippen molar-refractivity contribution in [3.63, 3.8) is 0 Å². The number of aromatic nitrogens is 2. The third kappa shape index (κ3) is 4.41. The van der Waals surface area contributed by atoms with Crippen LogP contribution in [-0.2, 0) is 24.2 Å². The highest BCUT2D eigenvalue weighted by atomic mass is 32.2. The molecular weight excluding hydrogens is 400 g/mol. The quantitative estimate of drug-likeness (QED) is 0.482. The van der Waals surface area contributed by atoms with Gasteiger partial charge in [-0.15, -0.1) is 11.3 Å². The van der Waals surface area contributed by atoms with E-state index in [1.165, 1.54) is 34.2 Å². The number of amides is 1. The number of hydrogen-bond donors (Lipinski definition) is 1. The Labute approximate surface area is 179 Å². The van der Waals surface area contributed by atoms with E-state index in [0.29, 0.717) is 29.2 Å². The summed E-state index contributed by atoms with van der Waals surface area (Å²) in [5, 5.41) is 1.61. The Hall–Kier alpha value is -2.12. The van der Waals surface area contributed by atoms with Crippen LogP contribution < -0.4 is 5.73 Å². The van der Waals surface area contributed by atoms with Gasteiger partial charge in [0.05, 0.1) is 11.1 Å². The fourth-order valence-electron chi connectivity index (χ4n) is 3.71. The van der Waals surface area contributed by atoms with Crippen LogP contribution in [0.5, 0.6) is 0 Å². The number of fused-ring (bicyclic) bond motifs is 3. The van der Waals surface area contributed by atoms with Crippen molar-refractivity contribution in [2.75, 3.05) is 18.5 Å². The van der Waals surface area contributed by atoms with E-state index in [9.17, 15) is 4.79 Å². The Balaban J connectivity index is 1.44. The summed E-state index contributed by atoms with van der Waals surface area (Å²) in [7, 11) is 1.83. The number of thiophene rings is 1. The van der Waals surface area contributed by atoms with Crippen molar-refractivity contribution in [2.45, 2.75) is 44.8 Å². The molecule has 29 heavy (non-hydrogen) atoms. The minimum atomic E-state index is 0.0529. The Kier molecular flexibility index (Phi) is 5.79. The second-order valence-corrected chi connectivity index (χ2v) is 9.97. The molecule has 0 saturated carbocycles. The number of aryl methyl sites for hydroxylation is 2. The highest BCUT2D eigenvalue weighted by Gasteiger charge is 2.23. The van der Waals surface area contributed by atoms with Crippen molar-refractivity contribution >= 4 is 45.0 Å². The molecule has 2 aromatic heterocycles. The molecule has 0 spiro atoms. The van der Waals surface area contributed by atoms with Crippen molar-refractivity contribution < 1.29 is 4.79 Å². The molecule has 5 nitrogen and oxygen atoms in total. The summed E-state index contributed by atoms with van der Waals surface area (Å²) >= 11 is 3.09. The second kappa shape index (κ2) is 8.32. The molecule has 1 unspecified atom stereocenters. The lowest BCUT2D eigenvalue weighted by Crippen LogP contribution is -2.27. The predicted octanol–water partition coefficient (Wildman–Crippen LogP) is 4.46. The van der Waals surface area contributed by atoms with Gasteiger partial charge in [-0.05, 0) is 43.2 Å². The number of thioether (sulfide) groups is 1. The summed E-state index contributed by atoms with van der Waals surface area (Å²) < 4.78 is 0. The standard InChI is InChI=1S/C22H26N4OS2/c1-13-4-7-15(8-5-13)11-26(3)18(27)12-28-22-24-20(23)19-16-9-6-14(2)10-17(16)29-21(19)25-22/h4-5,7-8,14H,6,9-12H2,1-3H3,(H2,23,24,25). The number of anilines is 1. The van der Waals surface area contributed by atoms with Crippen LogP contribution in [0.3, 0.4) is 0 Å². The number of carbonyl (C=O) groups excluding carboxylic acids is 1. The van der Waals surface area contributed by atoms with Gasteiger partial charge in [0.25, 0.3) is 0 Å². The molecule has 7 heteroatoms. The summed E-state index contributed by atoms with van der Waals surface area (Å²) in [4.78, 5) is 25.9. The molecule has 1 atom stereocenters. The van der Waals surface area contributed by atoms with Gasteiger partial charge in [-0.2, -0.15) is 0 Å². The van der Waals surface area contributed by atoms with Crippen molar-refractivity contribution in [1.29, 1.82) is 0 Å². The molecule has 1 aromatic carbocycles. The smallest absolute Gasteiger partial charge is 0.233 e. The molecule has 1 amide bonds. The number of nitrogens with zero attached hydrogens (tertiary/aromatic N) is 3. The van der Waals surface area contributed by atoms with E-state index in [1.54, 1.807) is 16.2 Å². The predicted molar refractivity (Wildman–Crippen MR) is 121 cm³/mol. The van der Waals surface area contributed by atoms with Crippen LogP contribution in [0, 0.1) is 12.8 Å². The van der Waals surface area contributed by atoms with Gasteiger partial charge < -0.3 is 10.6 Å². The first-order chi connectivity index (χ1) is 13.9. The molecular formula is C22H26N4OS2. The Morgan fingerprint density at radius 1 is 1.31 bits per heavy atom. The SMILES string of the molecule is Cc1ccc(CN(C)C(=O)CSc2nc(N)c3c4c(sc3n2)CC(C)CC4)cc1. The van der Waals surface area contributed by atoms with Crippen LogP contribution >= 0.6 is 23.1 Å². The van der Waals surface area contributed by atoms with Crippen LogP contribution in [-0.4, -0.2) is 33.6 Å². The minimum absolute atomic E-state index is 0.0529. The minimum Gasteiger partial charge on any atom is -0.383 e. The molecule has 0 radical (unpaired) electrons. The molecule has 2 N–H and O–H groups in total. The van der Waals surface area contributed by atoms with Crippen LogP contribution in [0.1, 0.15) is 34.9 Å². The maximum Gasteiger partial charge on any atom is 0.233 e. The van der Waals surface area contributed by atoms with E-state index >= 15 is 0 Å². The lowest BCUT2D eigenvalue weighted by atomic mass is 9.89. The van der Waals surface area contributed by atoms with Crippen LogP contribution in [0.2, 0.25) is 0 Å². The molecule has 4 rings (SSSR count). The van der Waals surface area contributed by atoms with Crippen molar-refractivity contribution in [1.82, 2.24) is 14.9 Å². The number of hydrogen-bond acceptors (Lipinski definition) is 6. The third-order valence-corrected chi connectivity index (χ3v) is 7.43. The zero-order chi connectivity index (χ0) is 20.5. The summed E-state index contributed by atoms with van der Waals surface area (Å²) in [6.07, 6.45) is 3.34. The average molecular weight is 427 g/mol. The van der Waals surface area contributed by atoms with Gasteiger partial charge in [0, 0.05) is 18.5 Å². The van der Waals surface area contributed by atoms with E-state index in [1.807, 2.05) is 7.05 Å². The summed E-state index contributed by atoms with van der Waals surface area (Å²) in [6, 6.07) is 8.25. The van der Waals surface area contributed by atoms with E-state index in [4.69, 9.17) is 10.7 Å². The Bertz CT molecular complexity index is 1050. The molecule has 1 aliphatic carbocycles. The zero-order valence-corrected chi connectivity index (χ0v) is 18.7. The lowest BCUT2D eigenvalue weighted by molar-refractivity contribution is -0.127. The van der Waals surface area contributed by atoms with Gasteiger partial charge in [-0.3, -0.25) is 4.79 Å². The highest BCUT2D eigenvalue weighted by molar-refractivity contribution is 7.99. The van der Waals surface area contributed by atoms with Gasteiger partial charge in [-0.1, -0.05) is 48.5 Å². The number of carbonyl (C=O) groups is 1. The van der Waals surface area contributed by atoms with Crippen molar-refractivity contribution in [3.05, 3.63) is 45.8 Å². The molecule has 0 bridgehead atoms. The van der Waals surface area contributed by atoms with Gasteiger partial charge in [-0.25, -0.2) is 9.97 Å². The monoisotopic (exact) mass is 426 g/mol. The Morgan fingerprint density at radius 2 is 2.07 bits per heavy atom. The van der Waals surface area contributed by atoms with Crippen LogP contribution in [0.4, 0.5) is 5.82 Å². The fourth-order valence-corrected chi connectivity index (χ4v) is 5.95.